The zero-order valence-electron chi connectivity index (χ0n) is 13.2. The van der Waals surface area contributed by atoms with Gasteiger partial charge in [0.15, 0.2) is 0 Å². The van der Waals surface area contributed by atoms with E-state index in [0.717, 1.165) is 24.6 Å². The van der Waals surface area contributed by atoms with Crippen LogP contribution in [0.2, 0.25) is 0 Å². The maximum atomic E-state index is 12.5. The van der Waals surface area contributed by atoms with E-state index in [2.05, 4.69) is 9.80 Å². The smallest absolute Gasteiger partial charge is 0.254 e. The molecule has 3 aliphatic rings. The Labute approximate surface area is 137 Å². The average Bonchev–Trinajstić information content (AvgIpc) is 3.23. The lowest BCUT2D eigenvalue weighted by Crippen LogP contribution is -2.35. The molecule has 3 fully saturated rings. The summed E-state index contributed by atoms with van der Waals surface area (Å²) in [6.45, 7) is 5.69. The Hall–Kier alpha value is -0.870. The number of nitrogens with zero attached hydrogens (tertiary/aromatic N) is 2. The maximum absolute atomic E-state index is 12.5. The summed E-state index contributed by atoms with van der Waals surface area (Å²) in [5.74, 6) is 2.61. The highest BCUT2D eigenvalue weighted by molar-refractivity contribution is 7.08. The predicted molar refractivity (Wildman–Crippen MR) is 90.2 cm³/mol. The number of hydrogen-bond acceptors (Lipinski definition) is 3. The fraction of sp³-hybridized carbons (Fsp3) is 0.722. The van der Waals surface area contributed by atoms with E-state index in [1.165, 1.54) is 51.7 Å². The SMILES string of the molecule is O=C(c1ccsc1)N1CC2CN(CC3CCCCC3)CC2C1. The molecule has 0 spiro atoms. The van der Waals surface area contributed by atoms with Gasteiger partial charge in [-0.05, 0) is 42.0 Å². The van der Waals surface area contributed by atoms with Gasteiger partial charge in [0.2, 0.25) is 0 Å². The largest absolute Gasteiger partial charge is 0.338 e. The molecule has 0 radical (unpaired) electrons. The highest BCUT2D eigenvalue weighted by Gasteiger charge is 2.42. The minimum Gasteiger partial charge on any atom is -0.338 e. The highest BCUT2D eigenvalue weighted by atomic mass is 32.1. The summed E-state index contributed by atoms with van der Waals surface area (Å²) in [7, 11) is 0. The molecular weight excluding hydrogens is 292 g/mol. The van der Waals surface area contributed by atoms with Crippen molar-refractivity contribution in [2.75, 3.05) is 32.7 Å². The van der Waals surface area contributed by atoms with E-state index < -0.39 is 0 Å². The Morgan fingerprint density at radius 2 is 1.82 bits per heavy atom. The average molecular weight is 318 g/mol. The van der Waals surface area contributed by atoms with E-state index in [0.29, 0.717) is 11.8 Å². The van der Waals surface area contributed by atoms with Crippen molar-refractivity contribution in [1.29, 1.82) is 0 Å². The van der Waals surface area contributed by atoms with Crippen LogP contribution in [-0.4, -0.2) is 48.4 Å². The van der Waals surface area contributed by atoms with Crippen LogP contribution < -0.4 is 0 Å². The highest BCUT2D eigenvalue weighted by Crippen LogP contribution is 2.34. The first-order valence-corrected chi connectivity index (χ1v) is 9.77. The number of fused-ring (bicyclic) bond motifs is 1. The van der Waals surface area contributed by atoms with Gasteiger partial charge in [-0.25, -0.2) is 0 Å². The second-order valence-corrected chi connectivity index (χ2v) is 8.24. The molecule has 4 rings (SSSR count). The van der Waals surface area contributed by atoms with Crippen molar-refractivity contribution in [2.45, 2.75) is 32.1 Å². The summed E-state index contributed by atoms with van der Waals surface area (Å²) in [6.07, 6.45) is 7.20. The maximum Gasteiger partial charge on any atom is 0.254 e. The number of carbonyl (C=O) groups is 1. The molecule has 120 valence electrons. The van der Waals surface area contributed by atoms with E-state index in [9.17, 15) is 4.79 Å². The molecule has 2 atom stereocenters. The Morgan fingerprint density at radius 1 is 1.09 bits per heavy atom. The predicted octanol–water partition coefficient (Wildman–Crippen LogP) is 3.33. The van der Waals surface area contributed by atoms with Crippen LogP contribution in [0.15, 0.2) is 16.8 Å². The number of thiophene rings is 1. The Balaban J connectivity index is 1.30. The zero-order valence-corrected chi connectivity index (χ0v) is 14.1. The lowest BCUT2D eigenvalue weighted by atomic mass is 9.89. The number of hydrogen-bond donors (Lipinski definition) is 0. The second-order valence-electron chi connectivity index (χ2n) is 7.46. The van der Waals surface area contributed by atoms with E-state index in [-0.39, 0.29) is 5.91 Å². The molecule has 3 heterocycles. The first kappa shape index (κ1) is 14.7. The summed E-state index contributed by atoms with van der Waals surface area (Å²) < 4.78 is 0. The van der Waals surface area contributed by atoms with E-state index in [1.807, 2.05) is 16.8 Å². The molecule has 0 N–H and O–H groups in total. The number of likely N-dealkylation sites (tertiary alicyclic amines) is 2. The van der Waals surface area contributed by atoms with Crippen LogP contribution in [0, 0.1) is 17.8 Å². The van der Waals surface area contributed by atoms with Crippen molar-refractivity contribution >= 4 is 17.2 Å². The second kappa shape index (κ2) is 6.32. The van der Waals surface area contributed by atoms with Crippen molar-refractivity contribution in [1.82, 2.24) is 9.80 Å². The van der Waals surface area contributed by atoms with Crippen LogP contribution in [-0.2, 0) is 0 Å². The van der Waals surface area contributed by atoms with Crippen LogP contribution >= 0.6 is 11.3 Å². The molecule has 2 unspecified atom stereocenters. The third-order valence-electron chi connectivity index (χ3n) is 5.86. The minimum absolute atomic E-state index is 0.245. The lowest BCUT2D eigenvalue weighted by molar-refractivity contribution is 0.0772. The minimum atomic E-state index is 0.245. The standard InChI is InChI=1S/C18H26N2OS/c21-18(15-6-7-22-13-15)20-11-16-9-19(10-17(16)12-20)8-14-4-2-1-3-5-14/h6-7,13-14,16-17H,1-5,8-12H2. The van der Waals surface area contributed by atoms with Crippen molar-refractivity contribution in [3.8, 4) is 0 Å². The first-order chi connectivity index (χ1) is 10.8. The van der Waals surface area contributed by atoms with Gasteiger partial charge < -0.3 is 9.80 Å². The van der Waals surface area contributed by atoms with E-state index in [1.54, 1.807) is 11.3 Å². The number of amides is 1. The molecule has 1 amide bonds. The lowest BCUT2D eigenvalue weighted by Gasteiger charge is -2.28. The third kappa shape index (κ3) is 2.95. The van der Waals surface area contributed by atoms with Crippen LogP contribution in [0.25, 0.3) is 0 Å². The van der Waals surface area contributed by atoms with Crippen LogP contribution in [0.1, 0.15) is 42.5 Å². The molecule has 2 saturated heterocycles. The third-order valence-corrected chi connectivity index (χ3v) is 6.54. The first-order valence-electron chi connectivity index (χ1n) is 8.83. The summed E-state index contributed by atoms with van der Waals surface area (Å²) in [6, 6.07) is 1.95. The topological polar surface area (TPSA) is 23.6 Å². The molecule has 4 heteroatoms. The quantitative estimate of drug-likeness (QED) is 0.853. The summed E-state index contributed by atoms with van der Waals surface area (Å²) in [5.41, 5.74) is 0.879. The van der Waals surface area contributed by atoms with Gasteiger partial charge in [-0.2, -0.15) is 11.3 Å². The molecule has 1 aliphatic carbocycles. The van der Waals surface area contributed by atoms with Gasteiger partial charge in [-0.3, -0.25) is 4.79 Å². The normalized spacial score (nSPS) is 29.9. The van der Waals surface area contributed by atoms with Gasteiger partial charge in [0.05, 0.1) is 5.56 Å². The fourth-order valence-electron chi connectivity index (χ4n) is 4.71. The van der Waals surface area contributed by atoms with Crippen molar-refractivity contribution in [3.05, 3.63) is 22.4 Å². The molecule has 3 nitrogen and oxygen atoms in total. The van der Waals surface area contributed by atoms with E-state index >= 15 is 0 Å². The van der Waals surface area contributed by atoms with Crippen LogP contribution in [0.5, 0.6) is 0 Å². The Bertz CT molecular complexity index is 495. The molecule has 1 aromatic heterocycles. The fourth-order valence-corrected chi connectivity index (χ4v) is 5.34. The molecule has 1 aromatic rings. The summed E-state index contributed by atoms with van der Waals surface area (Å²) >= 11 is 1.61. The Morgan fingerprint density at radius 3 is 2.45 bits per heavy atom. The van der Waals surface area contributed by atoms with Gasteiger partial charge in [0.25, 0.3) is 5.91 Å². The van der Waals surface area contributed by atoms with Crippen molar-refractivity contribution < 1.29 is 4.79 Å². The summed E-state index contributed by atoms with van der Waals surface area (Å²) in [5, 5.41) is 3.97. The molecule has 0 bridgehead atoms. The monoisotopic (exact) mass is 318 g/mol. The molecule has 1 saturated carbocycles. The van der Waals surface area contributed by atoms with Crippen LogP contribution in [0.3, 0.4) is 0 Å². The molecule has 2 aliphatic heterocycles. The zero-order chi connectivity index (χ0) is 14.9. The van der Waals surface area contributed by atoms with Gasteiger partial charge in [-0.15, -0.1) is 0 Å². The number of rotatable bonds is 3. The van der Waals surface area contributed by atoms with Gasteiger partial charge in [-0.1, -0.05) is 19.3 Å². The van der Waals surface area contributed by atoms with Crippen LogP contribution in [0.4, 0.5) is 0 Å². The summed E-state index contributed by atoms with van der Waals surface area (Å²) in [4.78, 5) is 17.2. The molecule has 0 aromatic carbocycles. The molecular formula is C18H26N2OS. The number of carbonyl (C=O) groups excluding carboxylic acids is 1. The molecule has 22 heavy (non-hydrogen) atoms. The van der Waals surface area contributed by atoms with E-state index in [4.69, 9.17) is 0 Å². The van der Waals surface area contributed by atoms with Gasteiger partial charge in [0.1, 0.15) is 0 Å². The van der Waals surface area contributed by atoms with Crippen molar-refractivity contribution in [3.63, 3.8) is 0 Å². The van der Waals surface area contributed by atoms with Gasteiger partial charge >= 0.3 is 0 Å². The Kier molecular flexibility index (Phi) is 4.23. The van der Waals surface area contributed by atoms with Gasteiger partial charge in [0, 0.05) is 38.1 Å². The van der Waals surface area contributed by atoms with Crippen molar-refractivity contribution in [2.24, 2.45) is 17.8 Å².